The van der Waals surface area contributed by atoms with Gasteiger partial charge in [-0.1, -0.05) is 0 Å². The Morgan fingerprint density at radius 3 is 3.19 bits per heavy atom. The number of nitrogens with zero attached hydrogens (tertiary/aromatic N) is 2. The molecular formula is C11H14N4O. The predicted octanol–water partition coefficient (Wildman–Crippen LogP) is 1.01. The molecule has 0 amide bonds. The molecule has 1 aliphatic heterocycles. The first kappa shape index (κ1) is 9.74. The predicted molar refractivity (Wildman–Crippen MR) is 60.0 cm³/mol. The Hall–Kier alpha value is -1.46. The van der Waals surface area contributed by atoms with E-state index in [4.69, 9.17) is 4.74 Å². The van der Waals surface area contributed by atoms with Crippen LogP contribution in [0.4, 0.5) is 0 Å². The summed E-state index contributed by atoms with van der Waals surface area (Å²) in [6.45, 7) is 0.885. The summed E-state index contributed by atoms with van der Waals surface area (Å²) >= 11 is 0. The molecule has 2 aromatic heterocycles. The number of nitrogens with one attached hydrogen (secondary N) is 2. The van der Waals surface area contributed by atoms with Gasteiger partial charge in [-0.25, -0.2) is 4.98 Å². The largest absolute Gasteiger partial charge is 0.380 e. The average Bonchev–Trinajstić information content (AvgIpc) is 2.95. The van der Waals surface area contributed by atoms with Crippen molar-refractivity contribution >= 4 is 11.0 Å². The molecule has 0 aromatic carbocycles. The molecule has 16 heavy (non-hydrogen) atoms. The number of aromatic amines is 1. The maximum atomic E-state index is 5.32. The standard InChI is InChI=1S/C11H14N4O/c1-16-7-4-9(13-5-7)11-14-8-2-3-12-6-10(8)15-11/h2-3,6-7,9,13H,4-5H2,1H3,(H,14,15). The normalized spacial score (nSPS) is 25.3. The summed E-state index contributed by atoms with van der Waals surface area (Å²) in [5, 5.41) is 3.40. The lowest BCUT2D eigenvalue weighted by molar-refractivity contribution is 0.117. The molecule has 5 nitrogen and oxygen atoms in total. The fourth-order valence-electron chi connectivity index (χ4n) is 2.13. The zero-order valence-corrected chi connectivity index (χ0v) is 9.10. The first-order chi connectivity index (χ1) is 7.86. The highest BCUT2D eigenvalue weighted by molar-refractivity contribution is 5.73. The van der Waals surface area contributed by atoms with Crippen LogP contribution in [-0.2, 0) is 4.74 Å². The van der Waals surface area contributed by atoms with E-state index in [-0.39, 0.29) is 12.1 Å². The Balaban J connectivity index is 1.89. The van der Waals surface area contributed by atoms with Crippen molar-refractivity contribution < 1.29 is 4.74 Å². The maximum absolute atomic E-state index is 5.32. The first-order valence-corrected chi connectivity index (χ1v) is 5.42. The van der Waals surface area contributed by atoms with Crippen molar-refractivity contribution in [3.05, 3.63) is 24.3 Å². The second-order valence-electron chi connectivity index (χ2n) is 4.07. The molecule has 2 aromatic rings. The van der Waals surface area contributed by atoms with E-state index >= 15 is 0 Å². The zero-order chi connectivity index (χ0) is 11.0. The number of ether oxygens (including phenoxy) is 1. The quantitative estimate of drug-likeness (QED) is 0.789. The minimum Gasteiger partial charge on any atom is -0.380 e. The summed E-state index contributed by atoms with van der Waals surface area (Å²) in [5.41, 5.74) is 1.95. The second kappa shape index (κ2) is 3.84. The monoisotopic (exact) mass is 218 g/mol. The van der Waals surface area contributed by atoms with Gasteiger partial charge in [0.1, 0.15) is 5.82 Å². The van der Waals surface area contributed by atoms with Crippen molar-refractivity contribution in [2.24, 2.45) is 0 Å². The van der Waals surface area contributed by atoms with Crippen LogP contribution in [0.3, 0.4) is 0 Å². The average molecular weight is 218 g/mol. The molecule has 0 radical (unpaired) electrons. The molecule has 2 unspecified atom stereocenters. The molecule has 3 rings (SSSR count). The number of fused-ring (bicyclic) bond motifs is 1. The van der Waals surface area contributed by atoms with E-state index in [9.17, 15) is 0 Å². The van der Waals surface area contributed by atoms with Crippen LogP contribution in [-0.4, -0.2) is 34.7 Å². The highest BCUT2D eigenvalue weighted by Gasteiger charge is 2.27. The molecule has 2 atom stereocenters. The Morgan fingerprint density at radius 2 is 2.44 bits per heavy atom. The molecule has 0 aliphatic carbocycles. The van der Waals surface area contributed by atoms with E-state index in [0.717, 1.165) is 29.8 Å². The van der Waals surface area contributed by atoms with E-state index in [1.54, 1.807) is 19.5 Å². The summed E-state index contributed by atoms with van der Waals surface area (Å²) in [6.07, 6.45) is 4.81. The fraction of sp³-hybridized carbons (Fsp3) is 0.455. The van der Waals surface area contributed by atoms with Crippen molar-refractivity contribution in [3.8, 4) is 0 Å². The van der Waals surface area contributed by atoms with Crippen molar-refractivity contribution in [2.45, 2.75) is 18.6 Å². The highest BCUT2D eigenvalue weighted by atomic mass is 16.5. The number of H-pyrrole nitrogens is 1. The van der Waals surface area contributed by atoms with Crippen LogP contribution in [0, 0.1) is 0 Å². The number of aromatic nitrogens is 3. The van der Waals surface area contributed by atoms with Gasteiger partial charge < -0.3 is 15.0 Å². The third-order valence-corrected chi connectivity index (χ3v) is 3.06. The molecule has 3 heterocycles. The van der Waals surface area contributed by atoms with Crippen LogP contribution in [0.15, 0.2) is 18.5 Å². The minimum absolute atomic E-state index is 0.261. The molecule has 1 fully saturated rings. The number of methoxy groups -OCH3 is 1. The topological polar surface area (TPSA) is 62.8 Å². The SMILES string of the molecule is COC1CNC(c2nc3ccncc3[nH]2)C1. The van der Waals surface area contributed by atoms with Crippen molar-refractivity contribution in [1.29, 1.82) is 0 Å². The minimum atomic E-state index is 0.261. The lowest BCUT2D eigenvalue weighted by atomic mass is 10.2. The van der Waals surface area contributed by atoms with Gasteiger partial charge in [0.05, 0.1) is 29.4 Å². The molecule has 1 aliphatic rings. The van der Waals surface area contributed by atoms with E-state index in [1.165, 1.54) is 0 Å². The van der Waals surface area contributed by atoms with Crippen LogP contribution in [0.2, 0.25) is 0 Å². The van der Waals surface area contributed by atoms with Gasteiger partial charge >= 0.3 is 0 Å². The first-order valence-electron chi connectivity index (χ1n) is 5.42. The van der Waals surface area contributed by atoms with Gasteiger partial charge in [0.25, 0.3) is 0 Å². The molecule has 2 N–H and O–H groups in total. The summed E-state index contributed by atoms with van der Waals surface area (Å²) in [4.78, 5) is 11.9. The molecule has 0 spiro atoms. The highest BCUT2D eigenvalue weighted by Crippen LogP contribution is 2.24. The molecule has 0 saturated carbocycles. The van der Waals surface area contributed by atoms with Gasteiger partial charge in [0.15, 0.2) is 0 Å². The summed E-state index contributed by atoms with van der Waals surface area (Å²) < 4.78 is 5.32. The third kappa shape index (κ3) is 1.58. The van der Waals surface area contributed by atoms with Crippen LogP contribution in [0.5, 0.6) is 0 Å². The number of hydrogen-bond donors (Lipinski definition) is 2. The van der Waals surface area contributed by atoms with Gasteiger partial charge in [-0.15, -0.1) is 0 Å². The number of pyridine rings is 1. The smallest absolute Gasteiger partial charge is 0.124 e. The fourth-order valence-corrected chi connectivity index (χ4v) is 2.13. The van der Waals surface area contributed by atoms with Crippen molar-refractivity contribution in [2.75, 3.05) is 13.7 Å². The lowest BCUT2D eigenvalue weighted by Crippen LogP contribution is -2.16. The molecule has 1 saturated heterocycles. The van der Waals surface area contributed by atoms with Gasteiger partial charge in [0, 0.05) is 19.9 Å². The third-order valence-electron chi connectivity index (χ3n) is 3.06. The number of imidazole rings is 1. The van der Waals surface area contributed by atoms with Gasteiger partial charge in [0.2, 0.25) is 0 Å². The summed E-state index contributed by atoms with van der Waals surface area (Å²) in [5.74, 6) is 0.975. The number of hydrogen-bond acceptors (Lipinski definition) is 4. The Morgan fingerprint density at radius 1 is 1.50 bits per heavy atom. The van der Waals surface area contributed by atoms with Gasteiger partial charge in [-0.05, 0) is 12.5 Å². The second-order valence-corrected chi connectivity index (χ2v) is 4.07. The van der Waals surface area contributed by atoms with Crippen LogP contribution in [0.1, 0.15) is 18.3 Å². The molecular weight excluding hydrogens is 204 g/mol. The number of rotatable bonds is 2. The molecule has 5 heteroatoms. The van der Waals surface area contributed by atoms with Gasteiger partial charge in [-0.3, -0.25) is 4.98 Å². The van der Waals surface area contributed by atoms with Crippen molar-refractivity contribution in [1.82, 2.24) is 20.3 Å². The molecule has 0 bridgehead atoms. The lowest BCUT2D eigenvalue weighted by Gasteiger charge is -2.06. The van der Waals surface area contributed by atoms with Crippen LogP contribution < -0.4 is 5.32 Å². The van der Waals surface area contributed by atoms with E-state index in [1.807, 2.05) is 6.07 Å². The van der Waals surface area contributed by atoms with E-state index < -0.39 is 0 Å². The van der Waals surface area contributed by atoms with Crippen LogP contribution in [0.25, 0.3) is 11.0 Å². The van der Waals surface area contributed by atoms with E-state index in [2.05, 4.69) is 20.3 Å². The van der Waals surface area contributed by atoms with E-state index in [0.29, 0.717) is 0 Å². The van der Waals surface area contributed by atoms with Crippen LogP contribution >= 0.6 is 0 Å². The maximum Gasteiger partial charge on any atom is 0.124 e. The van der Waals surface area contributed by atoms with Gasteiger partial charge in [-0.2, -0.15) is 0 Å². The van der Waals surface area contributed by atoms with Crippen molar-refractivity contribution in [3.63, 3.8) is 0 Å². The summed E-state index contributed by atoms with van der Waals surface area (Å²) in [6, 6.07) is 2.18. The summed E-state index contributed by atoms with van der Waals surface area (Å²) in [7, 11) is 1.75. The Bertz CT molecular complexity index is 462. The molecule has 84 valence electrons. The Labute approximate surface area is 93.2 Å². The zero-order valence-electron chi connectivity index (χ0n) is 9.10. The Kier molecular flexibility index (Phi) is 2.34.